The van der Waals surface area contributed by atoms with E-state index in [-0.39, 0.29) is 12.5 Å². The van der Waals surface area contributed by atoms with Gasteiger partial charge in [0.25, 0.3) is 5.91 Å². The Balaban J connectivity index is 1.41. The number of anilines is 2. The van der Waals surface area contributed by atoms with Crippen molar-refractivity contribution >= 4 is 29.2 Å². The van der Waals surface area contributed by atoms with Gasteiger partial charge < -0.3 is 19.7 Å². The average Bonchev–Trinajstić information content (AvgIpc) is 3.17. The van der Waals surface area contributed by atoms with E-state index in [1.165, 1.54) is 5.56 Å². The van der Waals surface area contributed by atoms with Crippen LogP contribution in [0.25, 0.3) is 0 Å². The zero-order chi connectivity index (χ0) is 22.4. The molecule has 1 N–H and O–H groups in total. The van der Waals surface area contributed by atoms with Crippen LogP contribution in [0.5, 0.6) is 5.75 Å². The molecule has 31 heavy (non-hydrogen) atoms. The SMILES string of the molecule is Cc1cc(OCC(=O)OCC(=O)Nc2ccc(N3CCCC3=O)cc2)ccc1C(C)C. The summed E-state index contributed by atoms with van der Waals surface area (Å²) in [5.41, 5.74) is 3.70. The zero-order valence-corrected chi connectivity index (χ0v) is 18.1. The summed E-state index contributed by atoms with van der Waals surface area (Å²) in [5, 5.41) is 2.66. The normalized spacial score (nSPS) is 13.4. The standard InChI is InChI=1S/C24H28N2O5/c1-16(2)21-11-10-20(13-17(21)3)30-15-24(29)31-14-22(27)25-18-6-8-19(9-7-18)26-12-4-5-23(26)28/h6-11,13,16H,4-5,12,14-15H2,1-3H3,(H,25,27). The van der Waals surface area contributed by atoms with Crippen LogP contribution in [0.4, 0.5) is 11.4 Å². The van der Waals surface area contributed by atoms with E-state index in [1.54, 1.807) is 29.2 Å². The highest BCUT2D eigenvalue weighted by Crippen LogP contribution is 2.24. The molecule has 2 aromatic carbocycles. The predicted octanol–water partition coefficient (Wildman–Crippen LogP) is 3.81. The molecule has 1 fully saturated rings. The largest absolute Gasteiger partial charge is 0.482 e. The van der Waals surface area contributed by atoms with E-state index in [0.717, 1.165) is 17.7 Å². The number of nitrogens with zero attached hydrogens (tertiary/aromatic N) is 1. The monoisotopic (exact) mass is 424 g/mol. The number of hydrogen-bond acceptors (Lipinski definition) is 5. The van der Waals surface area contributed by atoms with Crippen molar-refractivity contribution in [3.05, 3.63) is 53.6 Å². The van der Waals surface area contributed by atoms with Crippen LogP contribution in [0.3, 0.4) is 0 Å². The molecule has 2 aromatic rings. The zero-order valence-electron chi connectivity index (χ0n) is 18.1. The summed E-state index contributed by atoms with van der Waals surface area (Å²) < 4.78 is 10.4. The van der Waals surface area contributed by atoms with Gasteiger partial charge in [-0.1, -0.05) is 19.9 Å². The Morgan fingerprint density at radius 3 is 2.45 bits per heavy atom. The number of benzene rings is 2. The third-order valence-corrected chi connectivity index (χ3v) is 5.12. The highest BCUT2D eigenvalue weighted by atomic mass is 16.6. The van der Waals surface area contributed by atoms with E-state index >= 15 is 0 Å². The minimum Gasteiger partial charge on any atom is -0.482 e. The fraction of sp³-hybridized carbons (Fsp3) is 0.375. The molecule has 7 heteroatoms. The number of aryl methyl sites for hydroxylation is 1. The quantitative estimate of drug-likeness (QED) is 0.652. The molecule has 1 aliphatic heterocycles. The molecule has 0 radical (unpaired) electrons. The van der Waals surface area contributed by atoms with Gasteiger partial charge in [-0.05, 0) is 66.8 Å². The first-order chi connectivity index (χ1) is 14.8. The molecule has 0 saturated carbocycles. The first-order valence-electron chi connectivity index (χ1n) is 10.4. The molecule has 7 nitrogen and oxygen atoms in total. The first-order valence-corrected chi connectivity index (χ1v) is 10.4. The molecule has 164 valence electrons. The molecule has 0 atom stereocenters. The van der Waals surface area contributed by atoms with Crippen LogP contribution in [-0.2, 0) is 19.1 Å². The molecule has 0 aromatic heterocycles. The van der Waals surface area contributed by atoms with Crippen molar-refractivity contribution < 1.29 is 23.9 Å². The van der Waals surface area contributed by atoms with E-state index in [0.29, 0.717) is 30.3 Å². The number of ether oxygens (including phenoxy) is 2. The number of carbonyl (C=O) groups excluding carboxylic acids is 3. The molecule has 0 unspecified atom stereocenters. The summed E-state index contributed by atoms with van der Waals surface area (Å²) in [7, 11) is 0. The maximum Gasteiger partial charge on any atom is 0.344 e. The second-order valence-corrected chi connectivity index (χ2v) is 7.87. The van der Waals surface area contributed by atoms with Gasteiger partial charge in [0.05, 0.1) is 0 Å². The van der Waals surface area contributed by atoms with E-state index in [1.807, 2.05) is 25.1 Å². The fourth-order valence-electron chi connectivity index (χ4n) is 3.56. The van der Waals surface area contributed by atoms with Crippen LogP contribution >= 0.6 is 0 Å². The van der Waals surface area contributed by atoms with Crippen LogP contribution in [-0.4, -0.2) is 37.5 Å². The lowest BCUT2D eigenvalue weighted by Gasteiger charge is -2.16. The molecule has 0 aliphatic carbocycles. The van der Waals surface area contributed by atoms with Crippen LogP contribution in [0.1, 0.15) is 43.7 Å². The van der Waals surface area contributed by atoms with E-state index in [2.05, 4.69) is 19.2 Å². The van der Waals surface area contributed by atoms with Crippen molar-refractivity contribution in [2.45, 2.75) is 39.5 Å². The van der Waals surface area contributed by atoms with E-state index in [4.69, 9.17) is 9.47 Å². The van der Waals surface area contributed by atoms with Crippen molar-refractivity contribution in [2.75, 3.05) is 30.0 Å². The van der Waals surface area contributed by atoms with Gasteiger partial charge in [0, 0.05) is 24.3 Å². The van der Waals surface area contributed by atoms with Gasteiger partial charge in [-0.3, -0.25) is 9.59 Å². The Labute approximate surface area is 182 Å². The summed E-state index contributed by atoms with van der Waals surface area (Å²) in [6.07, 6.45) is 1.42. The summed E-state index contributed by atoms with van der Waals surface area (Å²) in [4.78, 5) is 37.4. The lowest BCUT2D eigenvalue weighted by atomic mass is 9.98. The Bertz CT molecular complexity index is 953. The van der Waals surface area contributed by atoms with Crippen molar-refractivity contribution in [1.82, 2.24) is 0 Å². The summed E-state index contributed by atoms with van der Waals surface area (Å²) in [5.74, 6) is 0.0346. The van der Waals surface area contributed by atoms with Crippen LogP contribution in [0.2, 0.25) is 0 Å². The number of rotatable bonds is 8. The molecule has 0 spiro atoms. The Morgan fingerprint density at radius 1 is 1.10 bits per heavy atom. The molecule has 0 bridgehead atoms. The van der Waals surface area contributed by atoms with Crippen molar-refractivity contribution in [1.29, 1.82) is 0 Å². The third kappa shape index (κ3) is 6.07. The van der Waals surface area contributed by atoms with Gasteiger partial charge in [-0.15, -0.1) is 0 Å². The van der Waals surface area contributed by atoms with Crippen LogP contribution in [0, 0.1) is 6.92 Å². The Morgan fingerprint density at radius 2 is 1.84 bits per heavy atom. The average molecular weight is 424 g/mol. The Kier molecular flexibility index (Phi) is 7.28. The van der Waals surface area contributed by atoms with Crippen molar-refractivity contribution in [3.8, 4) is 5.75 Å². The predicted molar refractivity (Wildman–Crippen MR) is 118 cm³/mol. The van der Waals surface area contributed by atoms with Gasteiger partial charge >= 0.3 is 5.97 Å². The topological polar surface area (TPSA) is 84.9 Å². The molecule has 3 rings (SSSR count). The van der Waals surface area contributed by atoms with Gasteiger partial charge in [0.1, 0.15) is 5.75 Å². The lowest BCUT2D eigenvalue weighted by molar-refractivity contribution is -0.149. The van der Waals surface area contributed by atoms with Crippen molar-refractivity contribution in [2.24, 2.45) is 0 Å². The fourth-order valence-corrected chi connectivity index (χ4v) is 3.56. The summed E-state index contributed by atoms with van der Waals surface area (Å²) >= 11 is 0. The number of hydrogen-bond donors (Lipinski definition) is 1. The smallest absolute Gasteiger partial charge is 0.344 e. The Hall–Kier alpha value is -3.35. The van der Waals surface area contributed by atoms with Gasteiger partial charge in [0.15, 0.2) is 13.2 Å². The number of carbonyl (C=O) groups is 3. The van der Waals surface area contributed by atoms with Gasteiger partial charge in [0.2, 0.25) is 5.91 Å². The van der Waals surface area contributed by atoms with E-state index < -0.39 is 18.5 Å². The van der Waals surface area contributed by atoms with Gasteiger partial charge in [-0.25, -0.2) is 4.79 Å². The second kappa shape index (κ2) is 10.1. The molecular formula is C24H28N2O5. The second-order valence-electron chi connectivity index (χ2n) is 7.87. The van der Waals surface area contributed by atoms with E-state index in [9.17, 15) is 14.4 Å². The molecule has 2 amide bonds. The highest BCUT2D eigenvalue weighted by Gasteiger charge is 2.21. The minimum absolute atomic E-state index is 0.108. The summed E-state index contributed by atoms with van der Waals surface area (Å²) in [6, 6.07) is 12.7. The molecule has 1 aliphatic rings. The number of amides is 2. The first kappa shape index (κ1) is 22.3. The number of nitrogens with one attached hydrogen (secondary N) is 1. The van der Waals surface area contributed by atoms with Gasteiger partial charge in [-0.2, -0.15) is 0 Å². The lowest BCUT2D eigenvalue weighted by Crippen LogP contribution is -2.24. The molecule has 1 heterocycles. The van der Waals surface area contributed by atoms with Crippen LogP contribution < -0.4 is 15.0 Å². The minimum atomic E-state index is -0.622. The molecule has 1 saturated heterocycles. The highest BCUT2D eigenvalue weighted by molar-refractivity contribution is 5.96. The summed E-state index contributed by atoms with van der Waals surface area (Å²) in [6.45, 7) is 6.28. The van der Waals surface area contributed by atoms with Crippen molar-refractivity contribution in [3.63, 3.8) is 0 Å². The van der Waals surface area contributed by atoms with Crippen LogP contribution in [0.15, 0.2) is 42.5 Å². The maximum absolute atomic E-state index is 12.0. The third-order valence-electron chi connectivity index (χ3n) is 5.12. The maximum atomic E-state index is 12.0. The molecular weight excluding hydrogens is 396 g/mol. The number of esters is 1.